The second kappa shape index (κ2) is 7.80. The zero-order chi connectivity index (χ0) is 18.6. The molecule has 1 aliphatic heterocycles. The summed E-state index contributed by atoms with van der Waals surface area (Å²) in [7, 11) is 0. The van der Waals surface area contributed by atoms with Gasteiger partial charge in [0.15, 0.2) is 22.4 Å². The van der Waals surface area contributed by atoms with E-state index in [1.807, 2.05) is 54.8 Å². The Morgan fingerprint density at radius 2 is 1.89 bits per heavy atom. The van der Waals surface area contributed by atoms with Gasteiger partial charge in [-0.1, -0.05) is 29.8 Å². The topological polar surface area (TPSA) is 60.5 Å². The molecular formula is C21H20N2O3S. The van der Waals surface area contributed by atoms with Gasteiger partial charge in [0, 0.05) is 22.9 Å². The van der Waals surface area contributed by atoms with Gasteiger partial charge in [0.05, 0.1) is 25.5 Å². The lowest BCUT2D eigenvalue weighted by Crippen LogP contribution is -2.13. The van der Waals surface area contributed by atoms with Crippen LogP contribution < -0.4 is 14.8 Å². The lowest BCUT2D eigenvalue weighted by Gasteiger charge is -2.08. The number of hydrogen-bond donors (Lipinski definition) is 1. The summed E-state index contributed by atoms with van der Waals surface area (Å²) in [5.74, 6) is 1.57. The van der Waals surface area contributed by atoms with Crippen molar-refractivity contribution in [2.75, 3.05) is 25.1 Å². The molecule has 0 radical (unpaired) electrons. The number of rotatable bonds is 5. The minimum absolute atomic E-state index is 0.0438. The molecule has 27 heavy (non-hydrogen) atoms. The van der Waals surface area contributed by atoms with Crippen molar-refractivity contribution in [3.05, 3.63) is 59.0 Å². The Bertz CT molecular complexity index is 950. The summed E-state index contributed by atoms with van der Waals surface area (Å²) in [5.41, 5.74) is 3.65. The molecule has 2 heterocycles. The molecule has 2 aromatic carbocycles. The number of hydrogen-bond acceptors (Lipinski definition) is 6. The van der Waals surface area contributed by atoms with E-state index in [4.69, 9.17) is 9.47 Å². The van der Waals surface area contributed by atoms with Crippen molar-refractivity contribution in [3.63, 3.8) is 0 Å². The molecule has 0 bridgehead atoms. The minimum atomic E-state index is 0.0438. The number of aromatic nitrogens is 1. The van der Waals surface area contributed by atoms with E-state index >= 15 is 0 Å². The van der Waals surface area contributed by atoms with Crippen LogP contribution in [0.3, 0.4) is 0 Å². The first kappa shape index (κ1) is 17.5. The largest absolute Gasteiger partial charge is 0.490 e. The highest BCUT2D eigenvalue weighted by Crippen LogP contribution is 2.35. The summed E-state index contributed by atoms with van der Waals surface area (Å²) in [4.78, 5) is 16.9. The number of benzene rings is 2. The Kier molecular flexibility index (Phi) is 5.07. The highest BCUT2D eigenvalue weighted by atomic mass is 32.1. The van der Waals surface area contributed by atoms with Crippen molar-refractivity contribution in [3.8, 4) is 22.8 Å². The molecule has 1 aromatic heterocycles. The summed E-state index contributed by atoms with van der Waals surface area (Å²) in [5, 5.41) is 5.81. The normalized spacial score (nSPS) is 13.1. The van der Waals surface area contributed by atoms with Gasteiger partial charge in [0.1, 0.15) is 0 Å². The van der Waals surface area contributed by atoms with E-state index in [-0.39, 0.29) is 12.3 Å². The molecular weight excluding hydrogens is 360 g/mol. The molecule has 0 atom stereocenters. The van der Waals surface area contributed by atoms with Crippen molar-refractivity contribution in [1.82, 2.24) is 4.98 Å². The molecule has 3 aromatic rings. The third-order valence-corrected chi connectivity index (χ3v) is 5.12. The van der Waals surface area contributed by atoms with Crippen LogP contribution in [-0.4, -0.2) is 30.5 Å². The van der Waals surface area contributed by atoms with Gasteiger partial charge in [0.25, 0.3) is 0 Å². The fourth-order valence-corrected chi connectivity index (χ4v) is 3.53. The second-order valence-corrected chi connectivity index (χ2v) is 7.25. The minimum Gasteiger partial charge on any atom is -0.490 e. The highest BCUT2D eigenvalue weighted by Gasteiger charge is 2.13. The van der Waals surface area contributed by atoms with Crippen LogP contribution in [0.5, 0.6) is 11.5 Å². The Balaban J connectivity index is 1.43. The summed E-state index contributed by atoms with van der Waals surface area (Å²) >= 11 is 1.48. The third-order valence-electron chi connectivity index (χ3n) is 4.32. The van der Waals surface area contributed by atoms with Crippen molar-refractivity contribution < 1.29 is 14.3 Å². The number of fused-ring (bicyclic) bond motifs is 1. The quantitative estimate of drug-likeness (QED) is 0.657. The van der Waals surface area contributed by atoms with Crippen molar-refractivity contribution in [1.29, 1.82) is 0 Å². The van der Waals surface area contributed by atoms with Crippen LogP contribution in [0.1, 0.15) is 22.3 Å². The van der Waals surface area contributed by atoms with Crippen LogP contribution in [0, 0.1) is 6.92 Å². The number of nitrogens with one attached hydrogen (secondary N) is 1. The number of anilines is 1. The molecule has 6 heteroatoms. The van der Waals surface area contributed by atoms with Crippen LogP contribution in [0.4, 0.5) is 5.13 Å². The highest BCUT2D eigenvalue weighted by molar-refractivity contribution is 7.14. The predicted molar refractivity (Wildman–Crippen MR) is 107 cm³/mol. The standard InChI is InChI=1S/C21H20N2O3S/c1-14-3-5-15(6-4-14)18(24)12-22-21-23-17(13-27-21)16-7-8-19-20(11-16)26-10-2-9-25-19/h3-8,11,13H,2,9-10,12H2,1H3,(H,22,23). The van der Waals surface area contributed by atoms with Gasteiger partial charge in [-0.15, -0.1) is 11.3 Å². The molecule has 0 saturated heterocycles. The van der Waals surface area contributed by atoms with E-state index in [1.54, 1.807) is 0 Å². The van der Waals surface area contributed by atoms with E-state index in [9.17, 15) is 4.79 Å². The molecule has 0 saturated carbocycles. The van der Waals surface area contributed by atoms with Crippen LogP contribution in [-0.2, 0) is 0 Å². The van der Waals surface area contributed by atoms with E-state index in [2.05, 4.69) is 10.3 Å². The average Bonchev–Trinajstić information content (AvgIpc) is 3.04. The molecule has 0 aliphatic carbocycles. The van der Waals surface area contributed by atoms with Crippen molar-refractivity contribution in [2.24, 2.45) is 0 Å². The fraction of sp³-hybridized carbons (Fsp3) is 0.238. The first-order valence-electron chi connectivity index (χ1n) is 8.88. The summed E-state index contributed by atoms with van der Waals surface area (Å²) in [6.07, 6.45) is 0.879. The van der Waals surface area contributed by atoms with Gasteiger partial charge in [-0.2, -0.15) is 0 Å². The lowest BCUT2D eigenvalue weighted by atomic mass is 10.1. The number of carbonyl (C=O) groups is 1. The van der Waals surface area contributed by atoms with Gasteiger partial charge >= 0.3 is 0 Å². The molecule has 5 nitrogen and oxygen atoms in total. The number of ketones is 1. The fourth-order valence-electron chi connectivity index (χ4n) is 2.81. The predicted octanol–water partition coefficient (Wildman–Crippen LogP) is 4.57. The number of aryl methyl sites for hydroxylation is 1. The van der Waals surface area contributed by atoms with E-state index < -0.39 is 0 Å². The summed E-state index contributed by atoms with van der Waals surface area (Å²) in [6.45, 7) is 3.55. The number of carbonyl (C=O) groups excluding carboxylic acids is 1. The molecule has 0 unspecified atom stereocenters. The zero-order valence-corrected chi connectivity index (χ0v) is 15.8. The molecule has 1 N–H and O–H groups in total. The average molecular weight is 380 g/mol. The maximum atomic E-state index is 12.3. The first-order valence-corrected chi connectivity index (χ1v) is 9.76. The monoisotopic (exact) mass is 380 g/mol. The van der Waals surface area contributed by atoms with Gasteiger partial charge < -0.3 is 14.8 Å². The second-order valence-electron chi connectivity index (χ2n) is 6.39. The molecule has 1 aliphatic rings. The van der Waals surface area contributed by atoms with Crippen molar-refractivity contribution in [2.45, 2.75) is 13.3 Å². The number of ether oxygens (including phenoxy) is 2. The summed E-state index contributed by atoms with van der Waals surface area (Å²) in [6, 6.07) is 13.4. The smallest absolute Gasteiger partial charge is 0.183 e. The van der Waals surface area contributed by atoms with Gasteiger partial charge in [-0.05, 0) is 25.1 Å². The molecule has 0 amide bonds. The number of nitrogens with zero attached hydrogens (tertiary/aromatic N) is 1. The zero-order valence-electron chi connectivity index (χ0n) is 15.0. The lowest BCUT2D eigenvalue weighted by molar-refractivity contribution is 0.101. The molecule has 4 rings (SSSR count). The van der Waals surface area contributed by atoms with Gasteiger partial charge in [-0.25, -0.2) is 4.98 Å². The van der Waals surface area contributed by atoms with Crippen molar-refractivity contribution >= 4 is 22.3 Å². The summed E-state index contributed by atoms with van der Waals surface area (Å²) < 4.78 is 11.4. The maximum Gasteiger partial charge on any atom is 0.183 e. The third kappa shape index (κ3) is 4.11. The Morgan fingerprint density at radius 3 is 2.70 bits per heavy atom. The van der Waals surface area contributed by atoms with E-state index in [0.29, 0.717) is 18.8 Å². The maximum absolute atomic E-state index is 12.3. The van der Waals surface area contributed by atoms with Crippen LogP contribution in [0.15, 0.2) is 47.8 Å². The molecule has 138 valence electrons. The van der Waals surface area contributed by atoms with Crippen LogP contribution in [0.2, 0.25) is 0 Å². The van der Waals surface area contributed by atoms with E-state index in [1.165, 1.54) is 11.3 Å². The van der Waals surface area contributed by atoms with Gasteiger partial charge in [0.2, 0.25) is 0 Å². The van der Waals surface area contributed by atoms with Crippen LogP contribution >= 0.6 is 11.3 Å². The van der Waals surface area contributed by atoms with Crippen LogP contribution in [0.25, 0.3) is 11.3 Å². The molecule has 0 spiro atoms. The van der Waals surface area contributed by atoms with Gasteiger partial charge in [-0.3, -0.25) is 4.79 Å². The number of Topliss-reactive ketones (excluding diaryl/α,β-unsaturated/α-hetero) is 1. The molecule has 0 fully saturated rings. The Hall–Kier alpha value is -2.86. The first-order chi connectivity index (χ1) is 13.2. The van der Waals surface area contributed by atoms with E-state index in [0.717, 1.165) is 39.9 Å². The SMILES string of the molecule is Cc1ccc(C(=O)CNc2nc(-c3ccc4c(c3)OCCCO4)cs2)cc1. The number of thiazole rings is 1. The Labute approximate surface area is 162 Å². The Morgan fingerprint density at radius 1 is 1.11 bits per heavy atom.